The minimum absolute atomic E-state index is 0.266. The summed E-state index contributed by atoms with van der Waals surface area (Å²) in [6.45, 7) is 0.266. The molecule has 2 aromatic heterocycles. The van der Waals surface area contributed by atoms with Gasteiger partial charge >= 0.3 is 0 Å². The summed E-state index contributed by atoms with van der Waals surface area (Å²) in [5, 5.41) is 0. The molecule has 0 fully saturated rings. The van der Waals surface area contributed by atoms with Gasteiger partial charge in [-0.1, -0.05) is 36.4 Å². The molecule has 0 saturated heterocycles. The maximum absolute atomic E-state index is 5.50. The first kappa shape index (κ1) is 16.8. The van der Waals surface area contributed by atoms with Gasteiger partial charge in [-0.3, -0.25) is 0 Å². The lowest BCUT2D eigenvalue weighted by Crippen LogP contribution is -2.11. The van der Waals surface area contributed by atoms with Gasteiger partial charge in [0.05, 0.1) is 10.2 Å². The van der Waals surface area contributed by atoms with Crippen molar-refractivity contribution in [2.24, 2.45) is 0 Å². The van der Waals surface area contributed by atoms with Gasteiger partial charge in [-0.25, -0.2) is 9.97 Å². The smallest absolute Gasteiger partial charge is 0.231 e. The molecule has 0 atom stereocenters. The van der Waals surface area contributed by atoms with Gasteiger partial charge in [0.25, 0.3) is 0 Å². The maximum Gasteiger partial charge on any atom is 0.231 e. The number of nitrogens with zero attached hydrogens (tertiary/aromatic N) is 3. The summed E-state index contributed by atoms with van der Waals surface area (Å²) in [4.78, 5) is 12.2. The lowest BCUT2D eigenvalue weighted by atomic mass is 10.2. The van der Waals surface area contributed by atoms with Gasteiger partial charge in [0, 0.05) is 23.7 Å². The second-order valence-corrected chi connectivity index (χ2v) is 7.48. The molecule has 28 heavy (non-hydrogen) atoms. The average molecular weight is 387 g/mol. The van der Waals surface area contributed by atoms with Gasteiger partial charge in [-0.2, -0.15) is 0 Å². The zero-order valence-corrected chi connectivity index (χ0v) is 16.0. The van der Waals surface area contributed by atoms with Crippen LogP contribution in [0.5, 0.6) is 11.5 Å². The first-order chi connectivity index (χ1) is 13.8. The van der Waals surface area contributed by atoms with Crippen LogP contribution in [-0.4, -0.2) is 23.8 Å². The fourth-order valence-electron chi connectivity index (χ4n) is 3.14. The first-order valence-electron chi connectivity index (χ1n) is 8.89. The summed E-state index contributed by atoms with van der Waals surface area (Å²) >= 11 is 1.68. The van der Waals surface area contributed by atoms with Gasteiger partial charge in [0.15, 0.2) is 17.3 Å². The molecule has 5 nitrogen and oxygen atoms in total. The van der Waals surface area contributed by atoms with Crippen LogP contribution in [0, 0.1) is 0 Å². The Morgan fingerprint density at radius 3 is 2.71 bits per heavy atom. The lowest BCUT2D eigenvalue weighted by Gasteiger charge is -2.18. The molecule has 1 aliphatic heterocycles. The minimum atomic E-state index is 0.266. The summed E-state index contributed by atoms with van der Waals surface area (Å²) in [7, 11) is 2.00. The molecule has 0 aliphatic carbocycles. The minimum Gasteiger partial charge on any atom is -0.454 e. The Morgan fingerprint density at radius 2 is 1.82 bits per heavy atom. The predicted molar refractivity (Wildman–Crippen MR) is 113 cm³/mol. The highest BCUT2D eigenvalue weighted by Gasteiger charge is 2.18. The van der Waals surface area contributed by atoms with E-state index in [-0.39, 0.29) is 6.79 Å². The molecule has 0 saturated carbocycles. The van der Waals surface area contributed by atoms with E-state index >= 15 is 0 Å². The third-order valence-electron chi connectivity index (χ3n) is 4.61. The van der Waals surface area contributed by atoms with E-state index in [2.05, 4.69) is 40.3 Å². The van der Waals surface area contributed by atoms with Crippen LogP contribution in [0.1, 0.15) is 10.4 Å². The van der Waals surface area contributed by atoms with Crippen molar-refractivity contribution in [3.63, 3.8) is 0 Å². The summed E-state index contributed by atoms with van der Waals surface area (Å²) in [5.74, 6) is 2.40. The number of rotatable bonds is 4. The maximum atomic E-state index is 5.50. The highest BCUT2D eigenvalue weighted by atomic mass is 32.1. The highest BCUT2D eigenvalue weighted by Crippen LogP contribution is 2.39. The topological polar surface area (TPSA) is 47.5 Å². The van der Waals surface area contributed by atoms with Crippen LogP contribution in [0.3, 0.4) is 0 Å². The van der Waals surface area contributed by atoms with Gasteiger partial charge in [0.1, 0.15) is 6.33 Å². The fraction of sp³-hybridized carbons (Fsp3) is 0.0909. The standard InChI is InChI=1S/C22H17N3O2S/c1-25(16-8-10-19-20(11-16)27-14-26-19)22-21-18(23-13-24-22)12-17(28-21)9-7-15-5-3-2-4-6-15/h2-13H,14H2,1H3/b9-7+. The molecule has 0 radical (unpaired) electrons. The van der Waals surface area contributed by atoms with Crippen molar-refractivity contribution in [1.82, 2.24) is 9.97 Å². The Morgan fingerprint density at radius 1 is 0.964 bits per heavy atom. The molecule has 0 amide bonds. The normalized spacial score (nSPS) is 12.8. The zero-order chi connectivity index (χ0) is 18.9. The van der Waals surface area contributed by atoms with Crippen LogP contribution >= 0.6 is 11.3 Å². The molecular weight excluding hydrogens is 370 g/mol. The lowest BCUT2D eigenvalue weighted by molar-refractivity contribution is 0.174. The van der Waals surface area contributed by atoms with E-state index in [0.717, 1.165) is 38.1 Å². The number of fused-ring (bicyclic) bond motifs is 2. The van der Waals surface area contributed by atoms with Gasteiger partial charge < -0.3 is 14.4 Å². The van der Waals surface area contributed by atoms with E-state index in [4.69, 9.17) is 9.47 Å². The quantitative estimate of drug-likeness (QED) is 0.472. The molecule has 4 aromatic rings. The highest BCUT2D eigenvalue weighted by molar-refractivity contribution is 7.20. The molecule has 3 heterocycles. The Hall–Kier alpha value is -3.38. The van der Waals surface area contributed by atoms with Crippen LogP contribution < -0.4 is 14.4 Å². The monoisotopic (exact) mass is 387 g/mol. The Balaban J connectivity index is 1.49. The van der Waals surface area contributed by atoms with Crippen molar-refractivity contribution >= 4 is 45.2 Å². The molecule has 0 bridgehead atoms. The molecule has 5 rings (SSSR count). The van der Waals surface area contributed by atoms with Crippen LogP contribution in [0.15, 0.2) is 60.9 Å². The number of hydrogen-bond donors (Lipinski definition) is 0. The van der Waals surface area contributed by atoms with E-state index < -0.39 is 0 Å². The SMILES string of the molecule is CN(c1ccc2c(c1)OCO2)c1ncnc2cc(/C=C/c3ccccc3)sc12. The number of benzene rings is 2. The summed E-state index contributed by atoms with van der Waals surface area (Å²) in [6, 6.07) is 18.3. The zero-order valence-electron chi connectivity index (χ0n) is 15.2. The number of ether oxygens (including phenoxy) is 2. The van der Waals surface area contributed by atoms with Crippen LogP contribution in [0.2, 0.25) is 0 Å². The summed E-state index contributed by atoms with van der Waals surface area (Å²) in [5.41, 5.74) is 3.10. The van der Waals surface area contributed by atoms with Crippen molar-refractivity contribution < 1.29 is 9.47 Å². The number of thiophene rings is 1. The van der Waals surface area contributed by atoms with Crippen molar-refractivity contribution in [2.75, 3.05) is 18.7 Å². The van der Waals surface area contributed by atoms with Gasteiger partial charge in [0.2, 0.25) is 6.79 Å². The van der Waals surface area contributed by atoms with Crippen LogP contribution in [0.4, 0.5) is 11.5 Å². The van der Waals surface area contributed by atoms with Crippen LogP contribution in [-0.2, 0) is 0 Å². The molecule has 6 heteroatoms. The predicted octanol–water partition coefficient (Wildman–Crippen LogP) is 5.36. The Kier molecular flexibility index (Phi) is 4.18. The molecule has 138 valence electrons. The molecule has 0 unspecified atom stereocenters. The first-order valence-corrected chi connectivity index (χ1v) is 9.71. The fourth-order valence-corrected chi connectivity index (χ4v) is 4.18. The third-order valence-corrected chi connectivity index (χ3v) is 5.70. The molecule has 0 spiro atoms. The van der Waals surface area contributed by atoms with E-state index in [1.807, 2.05) is 48.3 Å². The molecule has 1 aliphatic rings. The average Bonchev–Trinajstić information content (AvgIpc) is 3.38. The van der Waals surface area contributed by atoms with E-state index in [9.17, 15) is 0 Å². The van der Waals surface area contributed by atoms with Gasteiger partial charge in [-0.15, -0.1) is 11.3 Å². The second-order valence-electron chi connectivity index (χ2n) is 6.40. The van der Waals surface area contributed by atoms with Crippen molar-refractivity contribution in [1.29, 1.82) is 0 Å². The summed E-state index contributed by atoms with van der Waals surface area (Å²) in [6.07, 6.45) is 5.84. The second kappa shape index (κ2) is 6.98. The van der Waals surface area contributed by atoms with Crippen molar-refractivity contribution in [3.05, 3.63) is 71.4 Å². The largest absolute Gasteiger partial charge is 0.454 e. The third kappa shape index (κ3) is 3.08. The Labute approximate surface area is 166 Å². The van der Waals surface area contributed by atoms with E-state index in [1.165, 1.54) is 5.56 Å². The molecule has 0 N–H and O–H groups in total. The number of anilines is 2. The Bertz CT molecular complexity index is 1170. The number of aromatic nitrogens is 2. The summed E-state index contributed by atoms with van der Waals surface area (Å²) < 4.78 is 12.0. The van der Waals surface area contributed by atoms with Crippen LogP contribution in [0.25, 0.3) is 22.4 Å². The van der Waals surface area contributed by atoms with Crippen molar-refractivity contribution in [3.8, 4) is 11.5 Å². The molecule has 2 aromatic carbocycles. The van der Waals surface area contributed by atoms with E-state index in [1.54, 1.807) is 17.7 Å². The van der Waals surface area contributed by atoms with Gasteiger partial charge in [-0.05, 0) is 29.8 Å². The molecular formula is C22H17N3O2S. The number of hydrogen-bond acceptors (Lipinski definition) is 6. The van der Waals surface area contributed by atoms with E-state index in [0.29, 0.717) is 0 Å². The van der Waals surface area contributed by atoms with Crippen molar-refractivity contribution in [2.45, 2.75) is 0 Å².